The lowest BCUT2D eigenvalue weighted by atomic mass is 9.97. The zero-order valence-corrected chi connectivity index (χ0v) is 16.7. The van der Waals surface area contributed by atoms with Gasteiger partial charge in [-0.15, -0.1) is 0 Å². The van der Waals surface area contributed by atoms with Crippen LogP contribution in [0.15, 0.2) is 42.9 Å². The molecule has 1 saturated heterocycles. The van der Waals surface area contributed by atoms with E-state index in [-0.39, 0.29) is 17.8 Å². The molecule has 1 amide bonds. The Morgan fingerprint density at radius 2 is 1.90 bits per heavy atom. The molecule has 1 aromatic carbocycles. The monoisotopic (exact) mass is 392 g/mol. The molecule has 0 unspecified atom stereocenters. The van der Waals surface area contributed by atoms with Gasteiger partial charge in [0.05, 0.1) is 12.5 Å². The van der Waals surface area contributed by atoms with Gasteiger partial charge in [-0.05, 0) is 26.7 Å². The average molecular weight is 392 g/mol. The van der Waals surface area contributed by atoms with E-state index in [9.17, 15) is 9.59 Å². The fraction of sp³-hybridized carbons (Fsp3) is 0.364. The number of hydrogen-bond acceptors (Lipinski definition) is 5. The zero-order chi connectivity index (χ0) is 20.4. The molecule has 1 fully saturated rings. The summed E-state index contributed by atoms with van der Waals surface area (Å²) in [6.07, 6.45) is 6.49. The first-order valence-electron chi connectivity index (χ1n) is 9.93. The van der Waals surface area contributed by atoms with Crippen LogP contribution in [-0.4, -0.2) is 50.8 Å². The SMILES string of the molecule is CCOC(=O)C1CCN(C(=O)c2cn3ccnc(-c4ccc(C)cc4)c3n2)CC1. The smallest absolute Gasteiger partial charge is 0.309 e. The van der Waals surface area contributed by atoms with Crippen molar-refractivity contribution in [3.05, 3.63) is 54.1 Å². The number of esters is 1. The summed E-state index contributed by atoms with van der Waals surface area (Å²) in [6, 6.07) is 8.08. The van der Waals surface area contributed by atoms with Gasteiger partial charge in [0.15, 0.2) is 5.65 Å². The molecule has 0 bridgehead atoms. The summed E-state index contributed by atoms with van der Waals surface area (Å²) in [7, 11) is 0. The summed E-state index contributed by atoms with van der Waals surface area (Å²) < 4.78 is 6.93. The number of carbonyl (C=O) groups excluding carboxylic acids is 2. The van der Waals surface area contributed by atoms with Crippen molar-refractivity contribution in [2.24, 2.45) is 5.92 Å². The number of rotatable bonds is 4. The first-order chi connectivity index (χ1) is 14.1. The second-order valence-corrected chi connectivity index (χ2v) is 7.32. The van der Waals surface area contributed by atoms with Crippen molar-refractivity contribution < 1.29 is 14.3 Å². The van der Waals surface area contributed by atoms with Gasteiger partial charge in [-0.1, -0.05) is 29.8 Å². The maximum Gasteiger partial charge on any atom is 0.309 e. The largest absolute Gasteiger partial charge is 0.466 e. The predicted octanol–water partition coefficient (Wildman–Crippen LogP) is 3.12. The standard InChI is InChI=1S/C22H24N4O3/c1-3-29-22(28)17-8-11-25(12-9-17)21(27)18-14-26-13-10-23-19(20(26)24-18)16-6-4-15(2)5-7-16/h4-7,10,13-14,17H,3,8-9,11-12H2,1-2H3. The minimum atomic E-state index is -0.166. The zero-order valence-electron chi connectivity index (χ0n) is 16.7. The van der Waals surface area contributed by atoms with Gasteiger partial charge in [0.25, 0.3) is 5.91 Å². The van der Waals surface area contributed by atoms with Crippen LogP contribution in [0, 0.1) is 12.8 Å². The molecule has 2 aromatic heterocycles. The van der Waals surface area contributed by atoms with Crippen LogP contribution in [-0.2, 0) is 9.53 Å². The Balaban J connectivity index is 1.54. The highest BCUT2D eigenvalue weighted by molar-refractivity contribution is 5.94. The minimum absolute atomic E-state index is 0.120. The van der Waals surface area contributed by atoms with Crippen LogP contribution in [0.5, 0.6) is 0 Å². The van der Waals surface area contributed by atoms with Crippen molar-refractivity contribution in [1.82, 2.24) is 19.3 Å². The summed E-state index contributed by atoms with van der Waals surface area (Å²) in [6.45, 7) is 5.28. The summed E-state index contributed by atoms with van der Waals surface area (Å²) in [4.78, 5) is 35.7. The van der Waals surface area contributed by atoms with Gasteiger partial charge in [0, 0.05) is 37.2 Å². The Labute approximate surface area is 169 Å². The number of ether oxygens (including phenoxy) is 1. The van der Waals surface area contributed by atoms with E-state index in [1.54, 1.807) is 30.4 Å². The van der Waals surface area contributed by atoms with E-state index in [4.69, 9.17) is 4.74 Å². The Kier molecular flexibility index (Phi) is 5.29. The van der Waals surface area contributed by atoms with Crippen molar-refractivity contribution in [3.63, 3.8) is 0 Å². The van der Waals surface area contributed by atoms with E-state index in [1.807, 2.05) is 35.6 Å². The highest BCUT2D eigenvalue weighted by Crippen LogP contribution is 2.24. The van der Waals surface area contributed by atoms with Gasteiger partial charge in [0.2, 0.25) is 0 Å². The van der Waals surface area contributed by atoms with Crippen LogP contribution < -0.4 is 0 Å². The molecule has 0 spiro atoms. The molecule has 0 aliphatic carbocycles. The molecule has 1 aliphatic rings. The van der Waals surface area contributed by atoms with Crippen LogP contribution in [0.3, 0.4) is 0 Å². The Hall–Kier alpha value is -3.22. The van der Waals surface area contributed by atoms with Crippen LogP contribution in [0.25, 0.3) is 16.9 Å². The van der Waals surface area contributed by atoms with Crippen molar-refractivity contribution in [2.45, 2.75) is 26.7 Å². The van der Waals surface area contributed by atoms with Gasteiger partial charge < -0.3 is 14.0 Å². The van der Waals surface area contributed by atoms with Gasteiger partial charge >= 0.3 is 5.97 Å². The molecular weight excluding hydrogens is 368 g/mol. The Bertz CT molecular complexity index is 1030. The van der Waals surface area contributed by atoms with Crippen molar-refractivity contribution in [2.75, 3.05) is 19.7 Å². The number of fused-ring (bicyclic) bond motifs is 1. The molecule has 0 N–H and O–H groups in total. The number of hydrogen-bond donors (Lipinski definition) is 0. The van der Waals surface area contributed by atoms with Crippen molar-refractivity contribution >= 4 is 17.5 Å². The van der Waals surface area contributed by atoms with Gasteiger partial charge in [-0.2, -0.15) is 0 Å². The third-order valence-electron chi connectivity index (χ3n) is 5.32. The molecule has 1 aliphatic heterocycles. The second kappa shape index (κ2) is 8.03. The molecule has 29 heavy (non-hydrogen) atoms. The third kappa shape index (κ3) is 3.85. The van der Waals surface area contributed by atoms with E-state index in [0.29, 0.717) is 43.9 Å². The molecular formula is C22H24N4O3. The molecule has 4 rings (SSSR count). The molecule has 150 valence electrons. The number of aromatic nitrogens is 3. The second-order valence-electron chi connectivity index (χ2n) is 7.32. The summed E-state index contributed by atoms with van der Waals surface area (Å²) >= 11 is 0. The van der Waals surface area contributed by atoms with E-state index >= 15 is 0 Å². The van der Waals surface area contributed by atoms with E-state index in [1.165, 1.54) is 5.56 Å². The van der Waals surface area contributed by atoms with Crippen molar-refractivity contribution in [3.8, 4) is 11.3 Å². The number of likely N-dealkylation sites (tertiary alicyclic amines) is 1. The quantitative estimate of drug-likeness (QED) is 0.638. The predicted molar refractivity (Wildman–Crippen MR) is 108 cm³/mol. The van der Waals surface area contributed by atoms with Crippen LogP contribution in [0.4, 0.5) is 0 Å². The fourth-order valence-corrected chi connectivity index (χ4v) is 3.68. The lowest BCUT2D eigenvalue weighted by molar-refractivity contribution is -0.149. The van der Waals surface area contributed by atoms with Gasteiger partial charge in [-0.3, -0.25) is 14.6 Å². The summed E-state index contributed by atoms with van der Waals surface area (Å²) in [5.74, 6) is -0.413. The number of piperidine rings is 1. The van der Waals surface area contributed by atoms with E-state index < -0.39 is 0 Å². The number of amides is 1. The van der Waals surface area contributed by atoms with E-state index in [2.05, 4.69) is 9.97 Å². The summed E-state index contributed by atoms with van der Waals surface area (Å²) in [5.41, 5.74) is 3.92. The van der Waals surface area contributed by atoms with Gasteiger partial charge in [-0.25, -0.2) is 4.98 Å². The van der Waals surface area contributed by atoms with Crippen LogP contribution in [0.1, 0.15) is 35.8 Å². The number of carbonyl (C=O) groups is 2. The van der Waals surface area contributed by atoms with Crippen LogP contribution in [0.2, 0.25) is 0 Å². The Morgan fingerprint density at radius 3 is 2.59 bits per heavy atom. The number of imidazole rings is 1. The molecule has 7 nitrogen and oxygen atoms in total. The maximum atomic E-state index is 13.0. The van der Waals surface area contributed by atoms with Crippen LogP contribution >= 0.6 is 0 Å². The average Bonchev–Trinajstić information content (AvgIpc) is 3.18. The van der Waals surface area contributed by atoms with Gasteiger partial charge in [0.1, 0.15) is 11.4 Å². The highest BCUT2D eigenvalue weighted by Gasteiger charge is 2.29. The molecule has 3 aromatic rings. The highest BCUT2D eigenvalue weighted by atomic mass is 16.5. The van der Waals surface area contributed by atoms with E-state index in [0.717, 1.165) is 11.3 Å². The topological polar surface area (TPSA) is 76.8 Å². The van der Waals surface area contributed by atoms with Crippen molar-refractivity contribution in [1.29, 1.82) is 0 Å². The third-order valence-corrected chi connectivity index (χ3v) is 5.32. The number of aryl methyl sites for hydroxylation is 1. The molecule has 3 heterocycles. The first kappa shape index (κ1) is 19.1. The maximum absolute atomic E-state index is 13.0. The Morgan fingerprint density at radius 1 is 1.17 bits per heavy atom. The first-order valence-corrected chi connectivity index (χ1v) is 9.93. The lowest BCUT2D eigenvalue weighted by Gasteiger charge is -2.30. The minimum Gasteiger partial charge on any atom is -0.466 e. The number of nitrogens with zero attached hydrogens (tertiary/aromatic N) is 4. The molecule has 7 heteroatoms. The molecule has 0 radical (unpaired) electrons. The lowest BCUT2D eigenvalue weighted by Crippen LogP contribution is -2.40. The fourth-order valence-electron chi connectivity index (χ4n) is 3.68. The summed E-state index contributed by atoms with van der Waals surface area (Å²) in [5, 5.41) is 0. The number of benzene rings is 1. The molecule has 0 saturated carbocycles. The molecule has 0 atom stereocenters. The normalized spacial score (nSPS) is 14.9.